The molecule has 0 heterocycles. The van der Waals surface area contributed by atoms with Crippen molar-refractivity contribution in [2.75, 3.05) is 5.32 Å². The number of benzene rings is 4. The number of carbonyl (C=O) groups is 2. The van der Waals surface area contributed by atoms with E-state index in [1.165, 1.54) is 0 Å². The van der Waals surface area contributed by atoms with Gasteiger partial charge in [0.25, 0.3) is 0 Å². The molecule has 4 aromatic carbocycles. The van der Waals surface area contributed by atoms with Gasteiger partial charge in [-0.1, -0.05) is 91.2 Å². The molecular formula is C33H30ClNO4. The zero-order valence-corrected chi connectivity index (χ0v) is 22.2. The largest absolute Gasteiger partial charge is 0.478 e. The zero-order chi connectivity index (χ0) is 27.2. The van der Waals surface area contributed by atoms with Crippen LogP contribution >= 0.6 is 11.6 Å². The number of carboxylic acid groups (broad SMARTS) is 1. The summed E-state index contributed by atoms with van der Waals surface area (Å²) in [5.74, 6) is -0.494. The highest BCUT2D eigenvalue weighted by atomic mass is 35.5. The molecule has 1 amide bonds. The molecule has 0 aliphatic heterocycles. The van der Waals surface area contributed by atoms with Crippen LogP contribution < -0.4 is 10.1 Å². The van der Waals surface area contributed by atoms with Crippen molar-refractivity contribution in [3.8, 4) is 16.9 Å². The van der Waals surface area contributed by atoms with Gasteiger partial charge in [0.15, 0.2) is 6.10 Å². The molecule has 4 aromatic rings. The molecule has 1 saturated carbocycles. The van der Waals surface area contributed by atoms with Crippen molar-refractivity contribution < 1.29 is 19.4 Å². The second-order valence-electron chi connectivity index (χ2n) is 9.99. The highest BCUT2D eigenvalue weighted by Gasteiger charge is 2.42. The van der Waals surface area contributed by atoms with Crippen molar-refractivity contribution in [2.45, 2.75) is 43.6 Å². The van der Waals surface area contributed by atoms with Crippen LogP contribution in [0.15, 0.2) is 103 Å². The van der Waals surface area contributed by atoms with Gasteiger partial charge >= 0.3 is 5.97 Å². The third kappa shape index (κ3) is 6.15. The number of amides is 1. The van der Waals surface area contributed by atoms with Crippen molar-refractivity contribution in [2.24, 2.45) is 0 Å². The summed E-state index contributed by atoms with van der Waals surface area (Å²) in [7, 11) is 0. The lowest BCUT2D eigenvalue weighted by Gasteiger charge is -2.28. The molecule has 1 fully saturated rings. The number of carbonyl (C=O) groups excluding carboxylic acids is 1. The number of ether oxygens (including phenoxy) is 1. The van der Waals surface area contributed by atoms with Crippen LogP contribution in [0.1, 0.15) is 36.8 Å². The number of carboxylic acids is 1. The van der Waals surface area contributed by atoms with E-state index in [1.807, 2.05) is 91.0 Å². The molecule has 5 nitrogen and oxygen atoms in total. The van der Waals surface area contributed by atoms with Crippen LogP contribution in [0, 0.1) is 0 Å². The molecule has 2 N–H and O–H groups in total. The van der Waals surface area contributed by atoms with Gasteiger partial charge in [0.05, 0.1) is 5.41 Å². The van der Waals surface area contributed by atoms with Crippen LogP contribution in [0.3, 0.4) is 0 Å². The first-order chi connectivity index (χ1) is 18.9. The van der Waals surface area contributed by atoms with Crippen LogP contribution in [0.25, 0.3) is 11.1 Å². The lowest BCUT2D eigenvalue weighted by molar-refractivity contribution is -0.145. The minimum atomic E-state index is -1.00. The summed E-state index contributed by atoms with van der Waals surface area (Å²) >= 11 is 6.08. The molecule has 198 valence electrons. The van der Waals surface area contributed by atoms with Gasteiger partial charge in [0.2, 0.25) is 5.91 Å². The molecule has 1 unspecified atom stereocenters. The molecule has 1 aliphatic rings. The van der Waals surface area contributed by atoms with Crippen molar-refractivity contribution in [3.05, 3.63) is 119 Å². The van der Waals surface area contributed by atoms with Crippen molar-refractivity contribution >= 4 is 29.2 Å². The maximum atomic E-state index is 13.5. The summed E-state index contributed by atoms with van der Waals surface area (Å²) in [6.07, 6.45) is 2.99. The highest BCUT2D eigenvalue weighted by molar-refractivity contribution is 6.30. The van der Waals surface area contributed by atoms with Crippen molar-refractivity contribution in [3.63, 3.8) is 0 Å². The Kier molecular flexibility index (Phi) is 7.99. The molecule has 1 aliphatic carbocycles. The Morgan fingerprint density at radius 3 is 2.00 bits per heavy atom. The Hall–Kier alpha value is -4.09. The fourth-order valence-electron chi connectivity index (χ4n) is 5.29. The van der Waals surface area contributed by atoms with Gasteiger partial charge in [-0.25, -0.2) is 4.79 Å². The number of hydrogen-bond donors (Lipinski definition) is 2. The summed E-state index contributed by atoms with van der Waals surface area (Å²) in [4.78, 5) is 25.2. The van der Waals surface area contributed by atoms with Gasteiger partial charge in [-0.3, -0.25) is 4.79 Å². The van der Waals surface area contributed by atoms with E-state index >= 15 is 0 Å². The van der Waals surface area contributed by atoms with E-state index in [2.05, 4.69) is 5.32 Å². The van der Waals surface area contributed by atoms with Crippen LogP contribution in [0.4, 0.5) is 5.69 Å². The summed E-state index contributed by atoms with van der Waals surface area (Å²) in [5, 5.41) is 13.4. The molecule has 6 heteroatoms. The predicted octanol–water partition coefficient (Wildman–Crippen LogP) is 7.53. The molecule has 0 saturated heterocycles. The van der Waals surface area contributed by atoms with Crippen LogP contribution in [0.2, 0.25) is 5.02 Å². The molecule has 0 radical (unpaired) electrons. The molecule has 0 spiro atoms. The fraction of sp³-hybridized carbons (Fsp3) is 0.212. The van der Waals surface area contributed by atoms with E-state index in [1.54, 1.807) is 12.1 Å². The summed E-state index contributed by atoms with van der Waals surface area (Å²) < 4.78 is 5.78. The highest BCUT2D eigenvalue weighted by Crippen LogP contribution is 2.42. The Morgan fingerprint density at radius 1 is 0.821 bits per heavy atom. The van der Waals surface area contributed by atoms with Crippen LogP contribution in [-0.4, -0.2) is 23.1 Å². The number of aliphatic carboxylic acids is 1. The van der Waals surface area contributed by atoms with Gasteiger partial charge < -0.3 is 15.2 Å². The topological polar surface area (TPSA) is 75.6 Å². The lowest BCUT2D eigenvalue weighted by Crippen LogP contribution is -2.37. The molecule has 39 heavy (non-hydrogen) atoms. The summed E-state index contributed by atoms with van der Waals surface area (Å²) in [6, 6.07) is 32.2. The monoisotopic (exact) mass is 539 g/mol. The summed E-state index contributed by atoms with van der Waals surface area (Å²) in [6.45, 7) is 0. The Bertz CT molecular complexity index is 1410. The molecular weight excluding hydrogens is 510 g/mol. The van der Waals surface area contributed by atoms with E-state index < -0.39 is 17.5 Å². The summed E-state index contributed by atoms with van der Waals surface area (Å²) in [5.41, 5.74) is 4.06. The predicted molar refractivity (Wildman–Crippen MR) is 154 cm³/mol. The number of hydrogen-bond acceptors (Lipinski definition) is 3. The maximum absolute atomic E-state index is 13.5. The van der Waals surface area contributed by atoms with Gasteiger partial charge in [-0.05, 0) is 71.5 Å². The number of halogens is 1. The average molecular weight is 540 g/mol. The van der Waals surface area contributed by atoms with Gasteiger partial charge in [-0.2, -0.15) is 0 Å². The second-order valence-corrected chi connectivity index (χ2v) is 10.4. The fourth-order valence-corrected chi connectivity index (χ4v) is 5.41. The van der Waals surface area contributed by atoms with Crippen molar-refractivity contribution in [1.29, 1.82) is 0 Å². The van der Waals surface area contributed by atoms with Gasteiger partial charge in [0.1, 0.15) is 5.75 Å². The van der Waals surface area contributed by atoms with E-state index in [0.29, 0.717) is 10.8 Å². The Balaban J connectivity index is 1.25. The van der Waals surface area contributed by atoms with E-state index in [4.69, 9.17) is 16.3 Å². The lowest BCUT2D eigenvalue weighted by atomic mass is 9.78. The Morgan fingerprint density at radius 2 is 1.41 bits per heavy atom. The third-order valence-corrected chi connectivity index (χ3v) is 7.69. The first kappa shape index (κ1) is 26.5. The van der Waals surface area contributed by atoms with Crippen molar-refractivity contribution in [1.82, 2.24) is 0 Å². The van der Waals surface area contributed by atoms with E-state index in [9.17, 15) is 14.7 Å². The quantitative estimate of drug-likeness (QED) is 0.230. The number of nitrogens with one attached hydrogen (secondary N) is 1. The SMILES string of the molecule is O=C(O)C(Cc1ccccc1)Oc1ccc(-c2ccc(NC(=O)C3(c4ccc(Cl)cc4)CCCC3)cc2)cc1. The average Bonchev–Trinajstić information content (AvgIpc) is 3.46. The van der Waals surface area contributed by atoms with E-state index in [0.717, 1.165) is 53.6 Å². The molecule has 1 atom stereocenters. The van der Waals surface area contributed by atoms with Gasteiger partial charge in [-0.15, -0.1) is 0 Å². The number of rotatable bonds is 9. The van der Waals surface area contributed by atoms with Gasteiger partial charge in [0, 0.05) is 17.1 Å². The van der Waals surface area contributed by atoms with Crippen LogP contribution in [-0.2, 0) is 21.4 Å². The van der Waals surface area contributed by atoms with Crippen LogP contribution in [0.5, 0.6) is 5.75 Å². The Labute approximate surface area is 233 Å². The zero-order valence-electron chi connectivity index (χ0n) is 21.5. The third-order valence-electron chi connectivity index (χ3n) is 7.44. The standard InChI is InChI=1S/C33H30ClNO4/c34-27-14-12-26(13-15-27)33(20-4-5-21-33)32(38)35-28-16-8-24(9-17-28)25-10-18-29(19-11-25)39-30(31(36)37)22-23-6-2-1-3-7-23/h1-3,6-19,30H,4-5,20-22H2,(H,35,38)(H,36,37). The first-order valence-electron chi connectivity index (χ1n) is 13.1. The smallest absolute Gasteiger partial charge is 0.345 e. The maximum Gasteiger partial charge on any atom is 0.345 e. The minimum absolute atomic E-state index is 0.0139. The normalized spacial score (nSPS) is 14.9. The first-order valence-corrected chi connectivity index (χ1v) is 13.5. The molecule has 0 aromatic heterocycles. The van der Waals surface area contributed by atoms with E-state index in [-0.39, 0.29) is 12.3 Å². The minimum Gasteiger partial charge on any atom is -0.478 e. The molecule has 5 rings (SSSR count). The number of anilines is 1. The molecule has 0 bridgehead atoms. The second kappa shape index (κ2) is 11.7.